The first-order valence-corrected chi connectivity index (χ1v) is 11.2. The van der Waals surface area contributed by atoms with E-state index in [0.717, 1.165) is 19.3 Å². The summed E-state index contributed by atoms with van der Waals surface area (Å²) >= 11 is 0. The second-order valence-corrected chi connectivity index (χ2v) is 10.1. The van der Waals surface area contributed by atoms with Gasteiger partial charge < -0.3 is 10.1 Å². The van der Waals surface area contributed by atoms with Gasteiger partial charge in [-0.25, -0.2) is 13.2 Å². The molecule has 28 heavy (non-hydrogen) atoms. The number of nitrogens with one attached hydrogen (secondary N) is 1. The van der Waals surface area contributed by atoms with Crippen LogP contribution in [0.5, 0.6) is 0 Å². The van der Waals surface area contributed by atoms with Crippen LogP contribution in [0.3, 0.4) is 0 Å². The fourth-order valence-corrected chi connectivity index (χ4v) is 5.22. The first-order valence-electron chi connectivity index (χ1n) is 9.78. The summed E-state index contributed by atoms with van der Waals surface area (Å²) in [6.45, 7) is 6.64. The molecule has 0 unspecified atom stereocenters. The smallest absolute Gasteiger partial charge is 0.338 e. The molecule has 1 aromatic rings. The van der Waals surface area contributed by atoms with Crippen molar-refractivity contribution in [2.45, 2.75) is 57.1 Å². The Morgan fingerprint density at radius 2 is 1.68 bits per heavy atom. The molecule has 2 aliphatic rings. The van der Waals surface area contributed by atoms with E-state index in [1.165, 1.54) is 35.5 Å². The van der Waals surface area contributed by atoms with Crippen molar-refractivity contribution in [1.29, 1.82) is 0 Å². The molecule has 7 nitrogen and oxygen atoms in total. The van der Waals surface area contributed by atoms with Gasteiger partial charge in [0.2, 0.25) is 10.0 Å². The number of rotatable bonds is 6. The number of nitrogens with zero attached hydrogens (tertiary/aromatic N) is 1. The van der Waals surface area contributed by atoms with E-state index >= 15 is 0 Å². The van der Waals surface area contributed by atoms with Crippen LogP contribution < -0.4 is 5.32 Å². The number of carbonyl (C=O) groups is 2. The molecule has 1 N–H and O–H groups in total. The summed E-state index contributed by atoms with van der Waals surface area (Å²) in [6, 6.07) is 5.89. The van der Waals surface area contributed by atoms with E-state index in [4.69, 9.17) is 4.74 Å². The summed E-state index contributed by atoms with van der Waals surface area (Å²) in [5.41, 5.74) is 0.213. The van der Waals surface area contributed by atoms with Gasteiger partial charge in [-0.2, -0.15) is 4.31 Å². The minimum Gasteiger partial charge on any atom is -0.449 e. The van der Waals surface area contributed by atoms with Crippen LogP contribution in [0.4, 0.5) is 0 Å². The predicted octanol–water partition coefficient (Wildman–Crippen LogP) is 2.18. The van der Waals surface area contributed by atoms with Gasteiger partial charge in [-0.05, 0) is 62.3 Å². The highest BCUT2D eigenvalue weighted by Gasteiger charge is 2.32. The molecule has 1 heterocycles. The van der Waals surface area contributed by atoms with E-state index in [0.29, 0.717) is 24.9 Å². The van der Waals surface area contributed by atoms with Crippen molar-refractivity contribution in [2.24, 2.45) is 11.8 Å². The van der Waals surface area contributed by atoms with Crippen molar-refractivity contribution in [3.63, 3.8) is 0 Å². The Kier molecular flexibility index (Phi) is 6.09. The third-order valence-corrected chi connectivity index (χ3v) is 6.99. The molecule has 2 fully saturated rings. The number of amides is 1. The van der Waals surface area contributed by atoms with Crippen LogP contribution in [0, 0.1) is 11.8 Å². The summed E-state index contributed by atoms with van der Waals surface area (Å²) in [4.78, 5) is 24.3. The molecule has 3 atom stereocenters. The van der Waals surface area contributed by atoms with E-state index in [1.54, 1.807) is 0 Å². The molecule has 0 radical (unpaired) electrons. The van der Waals surface area contributed by atoms with E-state index < -0.39 is 22.1 Å². The van der Waals surface area contributed by atoms with Gasteiger partial charge in [0.1, 0.15) is 0 Å². The standard InChI is InChI=1S/C20H28N2O5S/c1-13-10-14(2)12-22(11-13)28(25,26)18-8-4-16(5-9-18)20(24)27-15(3)19(23)21-17-6-7-17/h4-5,8-9,13-15,17H,6-7,10-12H2,1-3H3,(H,21,23)/t13-,14-,15+/m1/s1. The number of piperidine rings is 1. The number of hydrogen-bond donors (Lipinski definition) is 1. The van der Waals surface area contributed by atoms with Crippen molar-refractivity contribution >= 4 is 21.9 Å². The molecule has 8 heteroatoms. The van der Waals surface area contributed by atoms with Crippen LogP contribution >= 0.6 is 0 Å². The first kappa shape index (κ1) is 20.8. The van der Waals surface area contributed by atoms with Crippen molar-refractivity contribution in [3.05, 3.63) is 29.8 Å². The van der Waals surface area contributed by atoms with Gasteiger partial charge in [-0.3, -0.25) is 4.79 Å². The second-order valence-electron chi connectivity index (χ2n) is 8.12. The van der Waals surface area contributed by atoms with E-state index in [2.05, 4.69) is 19.2 Å². The van der Waals surface area contributed by atoms with Crippen molar-refractivity contribution in [2.75, 3.05) is 13.1 Å². The monoisotopic (exact) mass is 408 g/mol. The first-order chi connectivity index (χ1) is 13.2. The van der Waals surface area contributed by atoms with Crippen LogP contribution in [0.15, 0.2) is 29.2 Å². The molecular weight excluding hydrogens is 380 g/mol. The molecule has 1 amide bonds. The lowest BCUT2D eigenvalue weighted by Gasteiger charge is -2.34. The van der Waals surface area contributed by atoms with Gasteiger partial charge in [0.15, 0.2) is 6.10 Å². The zero-order valence-corrected chi connectivity index (χ0v) is 17.4. The molecular formula is C20H28N2O5S. The fraction of sp³-hybridized carbons (Fsp3) is 0.600. The lowest BCUT2D eigenvalue weighted by atomic mass is 9.94. The summed E-state index contributed by atoms with van der Waals surface area (Å²) in [6.07, 6.45) is 2.03. The van der Waals surface area contributed by atoms with Crippen LogP contribution in [0.25, 0.3) is 0 Å². The molecule has 1 aromatic carbocycles. The maximum atomic E-state index is 12.9. The number of benzene rings is 1. The molecule has 0 aromatic heterocycles. The molecule has 1 saturated carbocycles. The third-order valence-electron chi connectivity index (χ3n) is 5.14. The van der Waals surface area contributed by atoms with Gasteiger partial charge in [0.25, 0.3) is 5.91 Å². The minimum atomic E-state index is -3.60. The highest BCUT2D eigenvalue weighted by atomic mass is 32.2. The molecule has 1 aliphatic heterocycles. The normalized spacial score (nSPS) is 24.4. The maximum Gasteiger partial charge on any atom is 0.338 e. The zero-order chi connectivity index (χ0) is 20.5. The Hall–Kier alpha value is -1.93. The number of esters is 1. The Balaban J connectivity index is 1.65. The Morgan fingerprint density at radius 1 is 1.11 bits per heavy atom. The SMILES string of the molecule is C[C@@H]1C[C@@H](C)CN(S(=O)(=O)c2ccc(C(=O)O[C@@H](C)C(=O)NC3CC3)cc2)C1. The van der Waals surface area contributed by atoms with E-state index in [1.807, 2.05) is 0 Å². The summed E-state index contributed by atoms with van der Waals surface area (Å²) < 4.78 is 32.5. The average Bonchev–Trinajstić information content (AvgIpc) is 3.44. The van der Waals surface area contributed by atoms with E-state index in [-0.39, 0.29) is 22.4 Å². The van der Waals surface area contributed by atoms with Crippen LogP contribution in [0.2, 0.25) is 0 Å². The topological polar surface area (TPSA) is 92.8 Å². The molecule has 0 bridgehead atoms. The lowest BCUT2D eigenvalue weighted by molar-refractivity contribution is -0.129. The zero-order valence-electron chi connectivity index (χ0n) is 16.6. The summed E-state index contributed by atoms with van der Waals surface area (Å²) in [7, 11) is -3.60. The number of hydrogen-bond acceptors (Lipinski definition) is 5. The number of ether oxygens (including phenoxy) is 1. The quantitative estimate of drug-likeness (QED) is 0.729. The van der Waals surface area contributed by atoms with Crippen LogP contribution in [-0.4, -0.2) is 49.8 Å². The van der Waals surface area contributed by atoms with Gasteiger partial charge in [-0.1, -0.05) is 13.8 Å². The molecule has 154 valence electrons. The van der Waals surface area contributed by atoms with Gasteiger partial charge in [0, 0.05) is 19.1 Å². The Morgan fingerprint density at radius 3 is 2.21 bits per heavy atom. The fourth-order valence-electron chi connectivity index (χ4n) is 3.54. The van der Waals surface area contributed by atoms with Crippen molar-refractivity contribution in [3.8, 4) is 0 Å². The van der Waals surface area contributed by atoms with Gasteiger partial charge in [-0.15, -0.1) is 0 Å². The van der Waals surface area contributed by atoms with Crippen molar-refractivity contribution in [1.82, 2.24) is 9.62 Å². The second kappa shape index (κ2) is 8.21. The van der Waals surface area contributed by atoms with Gasteiger partial charge in [0.05, 0.1) is 10.5 Å². The number of carbonyl (C=O) groups excluding carboxylic acids is 2. The number of sulfonamides is 1. The Bertz CT molecular complexity index is 823. The highest BCUT2D eigenvalue weighted by Crippen LogP contribution is 2.27. The largest absolute Gasteiger partial charge is 0.449 e. The summed E-state index contributed by atoms with van der Waals surface area (Å²) in [5, 5.41) is 2.78. The summed E-state index contributed by atoms with van der Waals surface area (Å²) in [5.74, 6) is -0.335. The molecule has 1 aliphatic carbocycles. The van der Waals surface area contributed by atoms with Gasteiger partial charge >= 0.3 is 5.97 Å². The lowest BCUT2D eigenvalue weighted by Crippen LogP contribution is -2.42. The van der Waals surface area contributed by atoms with E-state index in [9.17, 15) is 18.0 Å². The highest BCUT2D eigenvalue weighted by molar-refractivity contribution is 7.89. The minimum absolute atomic E-state index is 0.157. The Labute approximate surface area is 166 Å². The van der Waals surface area contributed by atoms with Crippen molar-refractivity contribution < 1.29 is 22.7 Å². The molecule has 1 saturated heterocycles. The average molecular weight is 409 g/mol. The predicted molar refractivity (Wildman–Crippen MR) is 104 cm³/mol. The van der Waals surface area contributed by atoms with Crippen LogP contribution in [-0.2, 0) is 19.6 Å². The third kappa shape index (κ3) is 4.91. The molecule has 3 rings (SSSR count). The maximum absolute atomic E-state index is 12.9. The van der Waals surface area contributed by atoms with Crippen LogP contribution in [0.1, 0.15) is 50.4 Å². The molecule has 0 spiro atoms.